The molecule has 0 radical (unpaired) electrons. The number of aromatic nitrogens is 2. The first-order chi connectivity index (χ1) is 10.6. The van der Waals surface area contributed by atoms with Gasteiger partial charge >= 0.3 is 6.09 Å². The lowest BCUT2D eigenvalue weighted by Crippen LogP contribution is -2.25. The summed E-state index contributed by atoms with van der Waals surface area (Å²) in [6, 6.07) is 8.55. The Balaban J connectivity index is 1.75. The highest BCUT2D eigenvalue weighted by Gasteiger charge is 2.25. The van der Waals surface area contributed by atoms with Gasteiger partial charge in [0.1, 0.15) is 18.2 Å². The number of hydrogen-bond acceptors (Lipinski definition) is 6. The second-order valence-electron chi connectivity index (χ2n) is 4.96. The molecule has 1 aromatic carbocycles. The van der Waals surface area contributed by atoms with E-state index in [4.69, 9.17) is 4.74 Å². The SMILES string of the molecule is C[C@H](Nc1nccc(N2CCOC2=O)n1)c1ccc(O)cc1. The van der Waals surface area contributed by atoms with Crippen LogP contribution in [0.3, 0.4) is 0 Å². The number of anilines is 2. The van der Waals surface area contributed by atoms with E-state index in [9.17, 15) is 9.90 Å². The van der Waals surface area contributed by atoms with E-state index in [2.05, 4.69) is 15.3 Å². The summed E-state index contributed by atoms with van der Waals surface area (Å²) in [6.45, 7) is 2.82. The molecule has 7 heteroatoms. The molecule has 1 fully saturated rings. The summed E-state index contributed by atoms with van der Waals surface area (Å²) in [4.78, 5) is 21.5. The number of nitrogens with zero attached hydrogens (tertiary/aromatic N) is 3. The summed E-state index contributed by atoms with van der Waals surface area (Å²) < 4.78 is 4.90. The van der Waals surface area contributed by atoms with Crippen molar-refractivity contribution >= 4 is 17.9 Å². The van der Waals surface area contributed by atoms with Gasteiger partial charge in [-0.2, -0.15) is 4.98 Å². The molecule has 2 aromatic rings. The number of carbonyl (C=O) groups is 1. The number of aromatic hydroxyl groups is 1. The maximum absolute atomic E-state index is 11.6. The Morgan fingerprint density at radius 3 is 2.77 bits per heavy atom. The maximum Gasteiger partial charge on any atom is 0.415 e. The number of hydrogen-bond donors (Lipinski definition) is 2. The Labute approximate surface area is 127 Å². The average Bonchev–Trinajstić information content (AvgIpc) is 2.94. The van der Waals surface area contributed by atoms with Gasteiger partial charge in [-0.1, -0.05) is 12.1 Å². The number of phenolic OH excluding ortho intramolecular Hbond substituents is 1. The third kappa shape index (κ3) is 2.93. The van der Waals surface area contributed by atoms with Crippen molar-refractivity contribution in [2.75, 3.05) is 23.4 Å². The minimum atomic E-state index is -0.392. The highest BCUT2D eigenvalue weighted by molar-refractivity contribution is 5.88. The first-order valence-corrected chi connectivity index (χ1v) is 6.96. The third-order valence-corrected chi connectivity index (χ3v) is 3.42. The van der Waals surface area contributed by atoms with Gasteiger partial charge < -0.3 is 15.2 Å². The predicted molar refractivity (Wildman–Crippen MR) is 80.9 cm³/mol. The number of phenols is 1. The Kier molecular flexibility index (Phi) is 3.78. The van der Waals surface area contributed by atoms with E-state index < -0.39 is 6.09 Å². The fourth-order valence-electron chi connectivity index (χ4n) is 2.21. The molecule has 0 spiro atoms. The monoisotopic (exact) mass is 300 g/mol. The first kappa shape index (κ1) is 14.1. The van der Waals surface area contributed by atoms with Crippen LogP contribution < -0.4 is 10.2 Å². The van der Waals surface area contributed by atoms with Crippen molar-refractivity contribution in [3.05, 3.63) is 42.1 Å². The van der Waals surface area contributed by atoms with Gasteiger partial charge in [0.05, 0.1) is 12.6 Å². The van der Waals surface area contributed by atoms with Crippen LogP contribution in [0.1, 0.15) is 18.5 Å². The third-order valence-electron chi connectivity index (χ3n) is 3.42. The topological polar surface area (TPSA) is 87.6 Å². The molecule has 1 atom stereocenters. The van der Waals surface area contributed by atoms with E-state index in [1.165, 1.54) is 4.90 Å². The van der Waals surface area contributed by atoms with Crippen molar-refractivity contribution in [3.8, 4) is 5.75 Å². The van der Waals surface area contributed by atoms with E-state index in [1.54, 1.807) is 24.4 Å². The van der Waals surface area contributed by atoms with Crippen LogP contribution in [0.5, 0.6) is 5.75 Å². The van der Waals surface area contributed by atoms with E-state index in [1.807, 2.05) is 19.1 Å². The number of nitrogens with one attached hydrogen (secondary N) is 1. The molecule has 2 heterocycles. The fraction of sp³-hybridized carbons (Fsp3) is 0.267. The van der Waals surface area contributed by atoms with Gasteiger partial charge in [-0.25, -0.2) is 9.78 Å². The number of ether oxygens (including phenoxy) is 1. The van der Waals surface area contributed by atoms with Crippen molar-refractivity contribution in [2.45, 2.75) is 13.0 Å². The lowest BCUT2D eigenvalue weighted by atomic mass is 10.1. The minimum absolute atomic E-state index is 0.0404. The van der Waals surface area contributed by atoms with Crippen molar-refractivity contribution < 1.29 is 14.6 Å². The van der Waals surface area contributed by atoms with Crippen LogP contribution in [-0.4, -0.2) is 34.3 Å². The van der Waals surface area contributed by atoms with Crippen LogP contribution in [0.15, 0.2) is 36.5 Å². The average molecular weight is 300 g/mol. The Hall–Kier alpha value is -2.83. The van der Waals surface area contributed by atoms with Crippen molar-refractivity contribution in [1.82, 2.24) is 9.97 Å². The van der Waals surface area contributed by atoms with Crippen molar-refractivity contribution in [3.63, 3.8) is 0 Å². The summed E-state index contributed by atoms with van der Waals surface area (Å²) in [5.41, 5.74) is 0.993. The van der Waals surface area contributed by atoms with E-state index in [-0.39, 0.29) is 11.8 Å². The number of rotatable bonds is 4. The lowest BCUT2D eigenvalue weighted by Gasteiger charge is -2.16. The highest BCUT2D eigenvalue weighted by atomic mass is 16.6. The second-order valence-corrected chi connectivity index (χ2v) is 4.96. The Bertz CT molecular complexity index is 675. The van der Waals surface area contributed by atoms with Crippen LogP contribution in [0.4, 0.5) is 16.6 Å². The number of carbonyl (C=O) groups excluding carboxylic acids is 1. The lowest BCUT2D eigenvalue weighted by molar-refractivity contribution is 0.181. The van der Waals surface area contributed by atoms with Gasteiger partial charge in [-0.3, -0.25) is 4.90 Å². The van der Waals surface area contributed by atoms with Gasteiger partial charge in [0.2, 0.25) is 5.95 Å². The smallest absolute Gasteiger partial charge is 0.415 e. The number of cyclic esters (lactones) is 1. The first-order valence-electron chi connectivity index (χ1n) is 6.96. The maximum atomic E-state index is 11.6. The van der Waals surface area contributed by atoms with Gasteiger partial charge in [-0.05, 0) is 30.7 Å². The molecule has 3 rings (SSSR count). The van der Waals surface area contributed by atoms with E-state index >= 15 is 0 Å². The van der Waals surface area contributed by atoms with Gasteiger partial charge in [0, 0.05) is 6.20 Å². The molecule has 114 valence electrons. The number of amides is 1. The summed E-state index contributed by atoms with van der Waals surface area (Å²) in [6.07, 6.45) is 1.20. The van der Waals surface area contributed by atoms with Crippen LogP contribution in [-0.2, 0) is 4.74 Å². The molecule has 0 aliphatic carbocycles. The zero-order chi connectivity index (χ0) is 15.5. The van der Waals surface area contributed by atoms with Crippen molar-refractivity contribution in [1.29, 1.82) is 0 Å². The largest absolute Gasteiger partial charge is 0.508 e. The summed E-state index contributed by atoms with van der Waals surface area (Å²) >= 11 is 0. The molecule has 7 nitrogen and oxygen atoms in total. The molecule has 1 saturated heterocycles. The zero-order valence-electron chi connectivity index (χ0n) is 12.1. The summed E-state index contributed by atoms with van der Waals surface area (Å²) in [7, 11) is 0. The van der Waals surface area contributed by atoms with E-state index in [0.29, 0.717) is 24.9 Å². The molecule has 0 saturated carbocycles. The molecule has 0 bridgehead atoms. The zero-order valence-corrected chi connectivity index (χ0v) is 12.1. The quantitative estimate of drug-likeness (QED) is 0.901. The van der Waals surface area contributed by atoms with E-state index in [0.717, 1.165) is 5.56 Å². The highest BCUT2D eigenvalue weighted by Crippen LogP contribution is 2.21. The van der Waals surface area contributed by atoms with Crippen LogP contribution in [0, 0.1) is 0 Å². The number of benzene rings is 1. The predicted octanol–water partition coefficient (Wildman–Crippen LogP) is 2.31. The van der Waals surface area contributed by atoms with Crippen LogP contribution >= 0.6 is 0 Å². The molecule has 1 amide bonds. The molecular weight excluding hydrogens is 284 g/mol. The molecule has 0 unspecified atom stereocenters. The second kappa shape index (κ2) is 5.88. The molecule has 1 aromatic heterocycles. The van der Waals surface area contributed by atoms with Gasteiger partial charge in [0.25, 0.3) is 0 Å². The summed E-state index contributed by atoms with van der Waals surface area (Å²) in [5, 5.41) is 12.5. The molecular formula is C15H16N4O3. The molecule has 22 heavy (non-hydrogen) atoms. The minimum Gasteiger partial charge on any atom is -0.508 e. The molecule has 1 aliphatic rings. The summed E-state index contributed by atoms with van der Waals surface area (Å²) in [5.74, 6) is 1.16. The van der Waals surface area contributed by atoms with Gasteiger partial charge in [0.15, 0.2) is 0 Å². The van der Waals surface area contributed by atoms with Crippen LogP contribution in [0.2, 0.25) is 0 Å². The normalized spacial score (nSPS) is 15.5. The van der Waals surface area contributed by atoms with Crippen LogP contribution in [0.25, 0.3) is 0 Å². The van der Waals surface area contributed by atoms with Crippen molar-refractivity contribution in [2.24, 2.45) is 0 Å². The van der Waals surface area contributed by atoms with Gasteiger partial charge in [-0.15, -0.1) is 0 Å². The molecule has 1 aliphatic heterocycles. The fourth-order valence-corrected chi connectivity index (χ4v) is 2.21. The Morgan fingerprint density at radius 2 is 2.09 bits per heavy atom. The Morgan fingerprint density at radius 1 is 1.32 bits per heavy atom. The molecule has 2 N–H and O–H groups in total. The standard InChI is InChI=1S/C15H16N4O3/c1-10(11-2-4-12(20)5-3-11)17-14-16-7-6-13(18-14)19-8-9-22-15(19)21/h2-7,10,20H,8-9H2,1H3,(H,16,17,18)/t10-/m0/s1.